The monoisotopic (exact) mass is 275 g/mol. The second-order valence-corrected chi connectivity index (χ2v) is 5.45. The van der Waals surface area contributed by atoms with Gasteiger partial charge in [0, 0.05) is 24.8 Å². The molecule has 1 heterocycles. The van der Waals surface area contributed by atoms with Gasteiger partial charge in [-0.25, -0.2) is 0 Å². The van der Waals surface area contributed by atoms with Gasteiger partial charge in [0.25, 0.3) is 0 Å². The minimum Gasteiger partial charge on any atom is -0.326 e. The van der Waals surface area contributed by atoms with Crippen LogP contribution in [0.1, 0.15) is 20.3 Å². The fraction of sp³-hybridized carbons (Fsp3) is 0.467. The summed E-state index contributed by atoms with van der Waals surface area (Å²) in [4.78, 5) is 23.2. The molecular weight excluding hydrogens is 254 g/mol. The van der Waals surface area contributed by atoms with Crippen LogP contribution in [0.4, 0.5) is 11.4 Å². The Morgan fingerprint density at radius 2 is 1.90 bits per heavy atom. The van der Waals surface area contributed by atoms with Crippen LogP contribution in [0.5, 0.6) is 0 Å². The molecule has 1 fully saturated rings. The second-order valence-electron chi connectivity index (χ2n) is 5.45. The fourth-order valence-corrected chi connectivity index (χ4v) is 2.48. The Balaban J connectivity index is 1.98. The fourth-order valence-electron chi connectivity index (χ4n) is 2.48. The van der Waals surface area contributed by atoms with E-state index in [2.05, 4.69) is 22.9 Å². The van der Waals surface area contributed by atoms with Crippen LogP contribution in [0.15, 0.2) is 24.3 Å². The quantitative estimate of drug-likeness (QED) is 0.788. The van der Waals surface area contributed by atoms with Gasteiger partial charge < -0.3 is 16.0 Å². The molecule has 5 heteroatoms. The van der Waals surface area contributed by atoms with Gasteiger partial charge >= 0.3 is 0 Å². The van der Waals surface area contributed by atoms with E-state index in [9.17, 15) is 9.59 Å². The van der Waals surface area contributed by atoms with Gasteiger partial charge in [0.2, 0.25) is 11.8 Å². The van der Waals surface area contributed by atoms with Crippen LogP contribution < -0.4 is 16.0 Å². The van der Waals surface area contributed by atoms with Crippen molar-refractivity contribution in [3.05, 3.63) is 24.3 Å². The number of carbonyl (C=O) groups excluding carboxylic acids is 2. The lowest BCUT2D eigenvalue weighted by atomic mass is 9.91. The molecule has 2 unspecified atom stereocenters. The smallest absolute Gasteiger partial charge is 0.228 e. The molecule has 20 heavy (non-hydrogen) atoms. The number of anilines is 2. The Hall–Kier alpha value is -1.88. The maximum Gasteiger partial charge on any atom is 0.228 e. The molecule has 0 aliphatic carbocycles. The van der Waals surface area contributed by atoms with Crippen molar-refractivity contribution in [3.63, 3.8) is 0 Å². The lowest BCUT2D eigenvalue weighted by Crippen LogP contribution is -2.40. The highest BCUT2D eigenvalue weighted by Crippen LogP contribution is 2.20. The summed E-state index contributed by atoms with van der Waals surface area (Å²) in [5.41, 5.74) is 1.39. The SMILES string of the molecule is CC(=O)Nc1cccc(NC(=O)C2CNCC(C)C2)c1. The lowest BCUT2D eigenvalue weighted by molar-refractivity contribution is -0.120. The molecule has 1 aliphatic rings. The highest BCUT2D eigenvalue weighted by atomic mass is 16.2. The Kier molecular flexibility index (Phi) is 4.74. The maximum absolute atomic E-state index is 12.2. The van der Waals surface area contributed by atoms with Gasteiger partial charge in [0.15, 0.2) is 0 Å². The molecule has 1 aliphatic heterocycles. The number of benzene rings is 1. The molecule has 0 bridgehead atoms. The Morgan fingerprint density at radius 3 is 2.55 bits per heavy atom. The van der Waals surface area contributed by atoms with Crippen LogP contribution in [0.25, 0.3) is 0 Å². The standard InChI is InChI=1S/C15H21N3O2/c1-10-6-12(9-16-8-10)15(20)18-14-5-3-4-13(7-14)17-11(2)19/h3-5,7,10,12,16H,6,8-9H2,1-2H3,(H,17,19)(H,18,20). The van der Waals surface area contributed by atoms with Crippen LogP contribution in [0.2, 0.25) is 0 Å². The highest BCUT2D eigenvalue weighted by Gasteiger charge is 2.24. The van der Waals surface area contributed by atoms with Crippen molar-refractivity contribution in [2.75, 3.05) is 23.7 Å². The van der Waals surface area contributed by atoms with Crippen molar-refractivity contribution in [1.29, 1.82) is 0 Å². The molecule has 1 saturated heterocycles. The van der Waals surface area contributed by atoms with Gasteiger partial charge in [-0.1, -0.05) is 13.0 Å². The van der Waals surface area contributed by atoms with E-state index in [-0.39, 0.29) is 17.7 Å². The first-order valence-corrected chi connectivity index (χ1v) is 6.94. The second kappa shape index (κ2) is 6.52. The molecule has 0 radical (unpaired) electrons. The normalized spacial score (nSPS) is 22.1. The van der Waals surface area contributed by atoms with Crippen molar-refractivity contribution in [2.45, 2.75) is 20.3 Å². The predicted octanol–water partition coefficient (Wildman–Crippen LogP) is 1.83. The number of piperidine rings is 1. The summed E-state index contributed by atoms with van der Waals surface area (Å²) in [5.74, 6) is 0.427. The number of amides is 2. The van der Waals surface area contributed by atoms with Crippen molar-refractivity contribution < 1.29 is 9.59 Å². The third-order valence-corrected chi connectivity index (χ3v) is 3.39. The van der Waals surface area contributed by atoms with E-state index < -0.39 is 0 Å². The van der Waals surface area contributed by atoms with E-state index in [0.717, 1.165) is 19.5 Å². The van der Waals surface area contributed by atoms with Crippen LogP contribution in [-0.2, 0) is 9.59 Å². The number of rotatable bonds is 3. The van der Waals surface area contributed by atoms with Gasteiger partial charge in [0.05, 0.1) is 5.92 Å². The zero-order valence-corrected chi connectivity index (χ0v) is 11.9. The molecule has 108 valence electrons. The van der Waals surface area contributed by atoms with Crippen molar-refractivity contribution >= 4 is 23.2 Å². The average molecular weight is 275 g/mol. The Morgan fingerprint density at radius 1 is 1.20 bits per heavy atom. The molecule has 2 rings (SSSR count). The first-order valence-electron chi connectivity index (χ1n) is 6.94. The summed E-state index contributed by atoms with van der Waals surface area (Å²) in [5, 5.41) is 8.89. The van der Waals surface area contributed by atoms with Gasteiger partial charge in [-0.05, 0) is 37.1 Å². The predicted molar refractivity (Wildman–Crippen MR) is 79.5 cm³/mol. The molecular formula is C15H21N3O2. The van der Waals surface area contributed by atoms with E-state index in [1.54, 1.807) is 12.1 Å². The zero-order valence-electron chi connectivity index (χ0n) is 11.9. The third kappa shape index (κ3) is 4.06. The summed E-state index contributed by atoms with van der Waals surface area (Å²) in [6.07, 6.45) is 0.907. The van der Waals surface area contributed by atoms with E-state index in [0.29, 0.717) is 17.3 Å². The van der Waals surface area contributed by atoms with Crippen LogP contribution >= 0.6 is 0 Å². The summed E-state index contributed by atoms with van der Waals surface area (Å²) in [6.45, 7) is 5.30. The molecule has 0 aromatic heterocycles. The highest BCUT2D eigenvalue weighted by molar-refractivity contribution is 5.94. The molecule has 2 amide bonds. The molecule has 0 saturated carbocycles. The van der Waals surface area contributed by atoms with Gasteiger partial charge in [-0.3, -0.25) is 9.59 Å². The minimum atomic E-state index is -0.126. The lowest BCUT2D eigenvalue weighted by Gasteiger charge is -2.26. The van der Waals surface area contributed by atoms with E-state index >= 15 is 0 Å². The molecule has 1 aromatic carbocycles. The molecule has 3 N–H and O–H groups in total. The Labute approximate surface area is 119 Å². The van der Waals surface area contributed by atoms with Crippen LogP contribution in [0, 0.1) is 11.8 Å². The van der Waals surface area contributed by atoms with E-state index in [1.807, 2.05) is 12.1 Å². The number of carbonyl (C=O) groups is 2. The van der Waals surface area contributed by atoms with E-state index in [1.165, 1.54) is 6.92 Å². The van der Waals surface area contributed by atoms with Gasteiger partial charge in [-0.15, -0.1) is 0 Å². The molecule has 2 atom stereocenters. The molecule has 1 aromatic rings. The topological polar surface area (TPSA) is 70.2 Å². The summed E-state index contributed by atoms with van der Waals surface area (Å²) in [6, 6.07) is 7.19. The molecule has 0 spiro atoms. The number of hydrogen-bond acceptors (Lipinski definition) is 3. The van der Waals surface area contributed by atoms with Crippen molar-refractivity contribution in [2.24, 2.45) is 11.8 Å². The third-order valence-electron chi connectivity index (χ3n) is 3.39. The average Bonchev–Trinajstić information content (AvgIpc) is 2.38. The van der Waals surface area contributed by atoms with Crippen molar-refractivity contribution in [3.8, 4) is 0 Å². The number of hydrogen-bond donors (Lipinski definition) is 3. The molecule has 5 nitrogen and oxygen atoms in total. The van der Waals surface area contributed by atoms with Crippen LogP contribution in [-0.4, -0.2) is 24.9 Å². The first-order chi connectivity index (χ1) is 9.54. The Bertz CT molecular complexity index is 502. The number of nitrogens with one attached hydrogen (secondary N) is 3. The minimum absolute atomic E-state index is 0.00294. The summed E-state index contributed by atoms with van der Waals surface area (Å²) >= 11 is 0. The largest absolute Gasteiger partial charge is 0.326 e. The summed E-state index contributed by atoms with van der Waals surface area (Å²) in [7, 11) is 0. The van der Waals surface area contributed by atoms with E-state index in [4.69, 9.17) is 0 Å². The first kappa shape index (κ1) is 14.5. The van der Waals surface area contributed by atoms with Crippen molar-refractivity contribution in [1.82, 2.24) is 5.32 Å². The van der Waals surface area contributed by atoms with Gasteiger partial charge in [-0.2, -0.15) is 0 Å². The maximum atomic E-state index is 12.2. The van der Waals surface area contributed by atoms with Gasteiger partial charge in [0.1, 0.15) is 0 Å². The summed E-state index contributed by atoms with van der Waals surface area (Å²) < 4.78 is 0. The van der Waals surface area contributed by atoms with Crippen LogP contribution in [0.3, 0.4) is 0 Å². The zero-order chi connectivity index (χ0) is 14.5.